The third-order valence-corrected chi connectivity index (χ3v) is 3.78. The minimum atomic E-state index is -0.0691. The number of hydrogen-bond acceptors (Lipinski definition) is 3. The van der Waals surface area contributed by atoms with E-state index in [1.807, 2.05) is 6.08 Å². The number of amides is 2. The van der Waals surface area contributed by atoms with Gasteiger partial charge in [0.05, 0.1) is 0 Å². The Bertz CT molecular complexity index is 300. The molecule has 5 heteroatoms. The lowest BCUT2D eigenvalue weighted by molar-refractivity contribution is 0.144. The molecule has 0 spiro atoms. The smallest absolute Gasteiger partial charge is 0.315 e. The van der Waals surface area contributed by atoms with Crippen LogP contribution in [0.15, 0.2) is 12.7 Å². The van der Waals surface area contributed by atoms with Gasteiger partial charge < -0.3 is 15.5 Å². The van der Waals surface area contributed by atoms with Crippen molar-refractivity contribution in [3.63, 3.8) is 0 Å². The van der Waals surface area contributed by atoms with Crippen molar-refractivity contribution in [2.45, 2.75) is 38.8 Å². The van der Waals surface area contributed by atoms with Gasteiger partial charge >= 0.3 is 6.03 Å². The van der Waals surface area contributed by atoms with Crippen LogP contribution >= 0.6 is 0 Å². The van der Waals surface area contributed by atoms with Gasteiger partial charge in [-0.2, -0.15) is 0 Å². The van der Waals surface area contributed by atoms with Crippen molar-refractivity contribution in [1.29, 1.82) is 0 Å². The molecule has 1 fully saturated rings. The predicted molar refractivity (Wildman–Crippen MR) is 84.0 cm³/mol. The molecule has 1 rings (SSSR count). The second kappa shape index (κ2) is 8.97. The molecule has 5 nitrogen and oxygen atoms in total. The van der Waals surface area contributed by atoms with Crippen LogP contribution in [0.2, 0.25) is 0 Å². The molecule has 0 saturated carbocycles. The van der Waals surface area contributed by atoms with Gasteiger partial charge in [0.1, 0.15) is 0 Å². The molecule has 1 heterocycles. The zero-order chi connectivity index (χ0) is 15.0. The van der Waals surface area contributed by atoms with Crippen molar-refractivity contribution in [3.8, 4) is 0 Å². The van der Waals surface area contributed by atoms with Gasteiger partial charge in [0.25, 0.3) is 0 Å². The van der Waals surface area contributed by atoms with E-state index in [9.17, 15) is 4.79 Å². The summed E-state index contributed by atoms with van der Waals surface area (Å²) < 4.78 is 0. The highest BCUT2D eigenvalue weighted by Crippen LogP contribution is 2.01. The van der Waals surface area contributed by atoms with Gasteiger partial charge in [-0.25, -0.2) is 4.79 Å². The Labute approximate surface area is 123 Å². The number of rotatable bonds is 7. The van der Waals surface area contributed by atoms with Gasteiger partial charge in [0, 0.05) is 44.8 Å². The molecule has 0 aromatic carbocycles. The molecule has 0 bridgehead atoms. The number of carbonyl (C=O) groups is 1. The van der Waals surface area contributed by atoms with Gasteiger partial charge in [0.2, 0.25) is 0 Å². The van der Waals surface area contributed by atoms with E-state index < -0.39 is 0 Å². The monoisotopic (exact) mass is 282 g/mol. The fourth-order valence-electron chi connectivity index (χ4n) is 2.44. The summed E-state index contributed by atoms with van der Waals surface area (Å²) >= 11 is 0. The predicted octanol–water partition coefficient (Wildman–Crippen LogP) is 1.28. The largest absolute Gasteiger partial charge is 0.335 e. The summed E-state index contributed by atoms with van der Waals surface area (Å²) in [4.78, 5) is 16.7. The summed E-state index contributed by atoms with van der Waals surface area (Å²) in [6, 6.07) is 0.281. The third-order valence-electron chi connectivity index (χ3n) is 3.78. The SMILES string of the molecule is C=CC[C@@H](CC)NC(=O)N[C@@H](C)CN1CCN(C)CC1. The van der Waals surface area contributed by atoms with Crippen LogP contribution in [0.5, 0.6) is 0 Å². The number of nitrogens with one attached hydrogen (secondary N) is 2. The zero-order valence-corrected chi connectivity index (χ0v) is 13.2. The topological polar surface area (TPSA) is 47.6 Å². The van der Waals surface area contributed by atoms with E-state index in [-0.39, 0.29) is 18.1 Å². The molecule has 0 aromatic heterocycles. The molecule has 2 N–H and O–H groups in total. The van der Waals surface area contributed by atoms with Crippen molar-refractivity contribution >= 4 is 6.03 Å². The normalized spacial score (nSPS) is 20.1. The average Bonchev–Trinajstić information content (AvgIpc) is 2.40. The lowest BCUT2D eigenvalue weighted by atomic mass is 10.1. The van der Waals surface area contributed by atoms with E-state index in [1.165, 1.54) is 0 Å². The summed E-state index contributed by atoms with van der Waals surface area (Å²) in [6.07, 6.45) is 3.59. The maximum Gasteiger partial charge on any atom is 0.315 e. The summed E-state index contributed by atoms with van der Waals surface area (Å²) in [6.45, 7) is 13.1. The molecule has 0 unspecified atom stereocenters. The molecular formula is C15H30N4O. The summed E-state index contributed by atoms with van der Waals surface area (Å²) in [7, 11) is 2.15. The van der Waals surface area contributed by atoms with Gasteiger partial charge in [-0.05, 0) is 26.8 Å². The number of urea groups is 1. The molecular weight excluding hydrogens is 252 g/mol. The van der Waals surface area contributed by atoms with Crippen LogP contribution < -0.4 is 10.6 Å². The number of piperazine rings is 1. The van der Waals surface area contributed by atoms with E-state index in [0.29, 0.717) is 0 Å². The van der Waals surface area contributed by atoms with Gasteiger partial charge in [-0.15, -0.1) is 6.58 Å². The lowest BCUT2D eigenvalue weighted by Crippen LogP contribution is -2.52. The zero-order valence-electron chi connectivity index (χ0n) is 13.2. The minimum Gasteiger partial charge on any atom is -0.335 e. The summed E-state index contributed by atoms with van der Waals surface area (Å²) in [5.74, 6) is 0. The van der Waals surface area contributed by atoms with Gasteiger partial charge in [-0.3, -0.25) is 4.90 Å². The summed E-state index contributed by atoms with van der Waals surface area (Å²) in [5.41, 5.74) is 0. The van der Waals surface area contributed by atoms with Crippen molar-refractivity contribution in [2.24, 2.45) is 0 Å². The molecule has 1 aliphatic heterocycles. The number of carbonyl (C=O) groups excluding carboxylic acids is 1. The minimum absolute atomic E-state index is 0.0691. The highest BCUT2D eigenvalue weighted by molar-refractivity contribution is 5.74. The van der Waals surface area contributed by atoms with Crippen LogP contribution in [-0.2, 0) is 0 Å². The Morgan fingerprint density at radius 2 is 1.95 bits per heavy atom. The van der Waals surface area contributed by atoms with E-state index in [1.54, 1.807) is 0 Å². The lowest BCUT2D eigenvalue weighted by Gasteiger charge is -2.34. The van der Waals surface area contributed by atoms with E-state index in [2.05, 4.69) is 47.9 Å². The molecule has 2 atom stereocenters. The Kier molecular flexibility index (Phi) is 7.62. The molecule has 1 aliphatic rings. The Balaban J connectivity index is 2.25. The molecule has 20 heavy (non-hydrogen) atoms. The van der Waals surface area contributed by atoms with Crippen LogP contribution in [-0.4, -0.2) is 67.7 Å². The van der Waals surface area contributed by atoms with Crippen LogP contribution in [0, 0.1) is 0 Å². The van der Waals surface area contributed by atoms with Crippen LogP contribution in [0.4, 0.5) is 4.79 Å². The van der Waals surface area contributed by atoms with E-state index in [0.717, 1.165) is 45.6 Å². The molecule has 116 valence electrons. The first-order valence-electron chi connectivity index (χ1n) is 7.64. The molecule has 1 saturated heterocycles. The molecule has 0 aromatic rings. The second-order valence-corrected chi connectivity index (χ2v) is 5.75. The number of likely N-dealkylation sites (N-methyl/N-ethyl adjacent to an activating group) is 1. The Hall–Kier alpha value is -1.07. The molecule has 0 radical (unpaired) electrons. The second-order valence-electron chi connectivity index (χ2n) is 5.75. The van der Waals surface area contributed by atoms with Crippen LogP contribution in [0.25, 0.3) is 0 Å². The average molecular weight is 282 g/mol. The maximum absolute atomic E-state index is 11.9. The molecule has 2 amide bonds. The van der Waals surface area contributed by atoms with Gasteiger partial charge in [0.15, 0.2) is 0 Å². The quantitative estimate of drug-likeness (QED) is 0.692. The van der Waals surface area contributed by atoms with E-state index in [4.69, 9.17) is 0 Å². The highest BCUT2D eigenvalue weighted by Gasteiger charge is 2.17. The fraction of sp³-hybridized carbons (Fsp3) is 0.800. The first kappa shape index (κ1) is 17.0. The Morgan fingerprint density at radius 3 is 2.50 bits per heavy atom. The number of hydrogen-bond donors (Lipinski definition) is 2. The highest BCUT2D eigenvalue weighted by atomic mass is 16.2. The fourth-order valence-corrected chi connectivity index (χ4v) is 2.44. The standard InChI is InChI=1S/C15H30N4O/c1-5-7-14(6-2)17-15(20)16-13(3)12-19-10-8-18(4)9-11-19/h5,13-14H,1,6-12H2,2-4H3,(H2,16,17,20)/t13-,14+/m0/s1. The summed E-state index contributed by atoms with van der Waals surface area (Å²) in [5, 5.41) is 6.02. The molecule has 0 aliphatic carbocycles. The van der Waals surface area contributed by atoms with Gasteiger partial charge in [-0.1, -0.05) is 13.0 Å². The van der Waals surface area contributed by atoms with Crippen molar-refractivity contribution in [2.75, 3.05) is 39.8 Å². The van der Waals surface area contributed by atoms with Crippen molar-refractivity contribution in [3.05, 3.63) is 12.7 Å². The van der Waals surface area contributed by atoms with Crippen molar-refractivity contribution in [1.82, 2.24) is 20.4 Å². The number of nitrogens with zero attached hydrogens (tertiary/aromatic N) is 2. The van der Waals surface area contributed by atoms with Crippen molar-refractivity contribution < 1.29 is 4.79 Å². The maximum atomic E-state index is 11.9. The third kappa shape index (κ3) is 6.39. The van der Waals surface area contributed by atoms with E-state index >= 15 is 0 Å². The first-order valence-corrected chi connectivity index (χ1v) is 7.64. The Morgan fingerprint density at radius 1 is 1.30 bits per heavy atom. The van der Waals surface area contributed by atoms with Crippen LogP contribution in [0.1, 0.15) is 26.7 Å². The first-order chi connectivity index (χ1) is 9.55. The van der Waals surface area contributed by atoms with Crippen LogP contribution in [0.3, 0.4) is 0 Å².